The zero-order chi connectivity index (χ0) is 15.9. The Hall–Kier alpha value is -1.90. The van der Waals surface area contributed by atoms with Crippen molar-refractivity contribution in [3.05, 3.63) is 35.4 Å². The van der Waals surface area contributed by atoms with E-state index in [1.807, 2.05) is 36.1 Å². The Morgan fingerprint density at radius 2 is 1.91 bits per heavy atom. The molecule has 0 unspecified atom stereocenters. The maximum absolute atomic E-state index is 12.2. The van der Waals surface area contributed by atoms with Gasteiger partial charge >= 0.3 is 0 Å². The number of methoxy groups -OCH3 is 1. The number of nitrogens with zero attached hydrogens (tertiary/aromatic N) is 3. The average molecular weight is 301 g/mol. The van der Waals surface area contributed by atoms with Gasteiger partial charge in [0.1, 0.15) is 6.10 Å². The molecule has 0 radical (unpaired) electrons. The summed E-state index contributed by atoms with van der Waals surface area (Å²) in [5.74, 6) is 0.100. The van der Waals surface area contributed by atoms with Gasteiger partial charge in [-0.1, -0.05) is 19.1 Å². The molecule has 0 spiro atoms. The van der Waals surface area contributed by atoms with Gasteiger partial charge in [0.2, 0.25) is 0 Å². The second kappa shape index (κ2) is 7.92. The normalized spacial score (nSPS) is 17.0. The maximum atomic E-state index is 12.2. The number of hydrogen-bond acceptors (Lipinski definition) is 4. The summed E-state index contributed by atoms with van der Waals surface area (Å²) in [6.45, 7) is 6.05. The minimum atomic E-state index is -0.315. The Morgan fingerprint density at radius 1 is 1.27 bits per heavy atom. The lowest BCUT2D eigenvalue weighted by Gasteiger charge is -2.36. The van der Waals surface area contributed by atoms with E-state index in [-0.39, 0.29) is 12.0 Å². The molecule has 118 valence electrons. The molecule has 2 rings (SSSR count). The van der Waals surface area contributed by atoms with E-state index < -0.39 is 0 Å². The molecule has 1 fully saturated rings. The van der Waals surface area contributed by atoms with Crippen molar-refractivity contribution in [3.8, 4) is 6.07 Å². The summed E-state index contributed by atoms with van der Waals surface area (Å²) in [5, 5.41) is 8.81. The van der Waals surface area contributed by atoms with E-state index in [1.165, 1.54) is 5.56 Å². The molecular formula is C17H23N3O2. The second-order valence-electron chi connectivity index (χ2n) is 5.54. The van der Waals surface area contributed by atoms with Crippen LogP contribution in [0, 0.1) is 11.3 Å². The number of piperazine rings is 1. The Balaban J connectivity index is 1.84. The van der Waals surface area contributed by atoms with Gasteiger partial charge in [0.15, 0.2) is 0 Å². The van der Waals surface area contributed by atoms with E-state index in [2.05, 4.69) is 11.0 Å². The van der Waals surface area contributed by atoms with Crippen LogP contribution in [0.4, 0.5) is 0 Å². The topological polar surface area (TPSA) is 56.6 Å². The predicted molar refractivity (Wildman–Crippen MR) is 84.1 cm³/mol. The van der Waals surface area contributed by atoms with Gasteiger partial charge in [-0.05, 0) is 24.1 Å². The molecule has 5 heteroatoms. The molecule has 1 atom stereocenters. The highest BCUT2D eigenvalue weighted by Crippen LogP contribution is 2.12. The van der Waals surface area contributed by atoms with Crippen molar-refractivity contribution in [2.75, 3.05) is 33.3 Å². The van der Waals surface area contributed by atoms with Crippen LogP contribution in [0.25, 0.3) is 0 Å². The van der Waals surface area contributed by atoms with E-state index in [1.54, 1.807) is 7.11 Å². The van der Waals surface area contributed by atoms with Crippen molar-refractivity contribution in [1.82, 2.24) is 9.80 Å². The molecule has 1 saturated heterocycles. The molecule has 1 heterocycles. The molecule has 22 heavy (non-hydrogen) atoms. The van der Waals surface area contributed by atoms with Crippen molar-refractivity contribution in [2.45, 2.75) is 26.0 Å². The average Bonchev–Trinajstić information content (AvgIpc) is 2.57. The fraction of sp³-hybridized carbons (Fsp3) is 0.529. The summed E-state index contributed by atoms with van der Waals surface area (Å²) in [6, 6.07) is 9.81. The summed E-state index contributed by atoms with van der Waals surface area (Å²) in [5.41, 5.74) is 1.88. The number of benzene rings is 1. The quantitative estimate of drug-likeness (QED) is 0.829. The number of hydrogen-bond donors (Lipinski definition) is 0. The van der Waals surface area contributed by atoms with Crippen LogP contribution in [-0.4, -0.2) is 55.1 Å². The van der Waals surface area contributed by atoms with Gasteiger partial charge in [0, 0.05) is 39.8 Å². The van der Waals surface area contributed by atoms with E-state index in [0.29, 0.717) is 12.0 Å². The van der Waals surface area contributed by atoms with Crippen LogP contribution in [0.5, 0.6) is 0 Å². The highest BCUT2D eigenvalue weighted by molar-refractivity contribution is 5.81. The van der Waals surface area contributed by atoms with Crippen molar-refractivity contribution in [2.24, 2.45) is 0 Å². The maximum Gasteiger partial charge on any atom is 0.251 e. The number of ether oxygens (including phenoxy) is 1. The molecule has 1 aliphatic rings. The van der Waals surface area contributed by atoms with Crippen LogP contribution in [0.1, 0.15) is 24.5 Å². The molecule has 5 nitrogen and oxygen atoms in total. The third-order valence-electron chi connectivity index (χ3n) is 4.10. The molecule has 0 N–H and O–H groups in total. The van der Waals surface area contributed by atoms with E-state index in [9.17, 15) is 4.79 Å². The standard InChI is InChI=1S/C17H23N3O2/c1-3-16(22-2)17(21)20-10-8-19(9-11-20)13-15-6-4-14(12-18)5-7-15/h4-7,16H,3,8-11,13H2,1-2H3/t16-/m0/s1. The number of amides is 1. The lowest BCUT2D eigenvalue weighted by atomic mass is 10.1. The number of nitriles is 1. The molecule has 0 aliphatic carbocycles. The van der Waals surface area contributed by atoms with E-state index >= 15 is 0 Å². The van der Waals surface area contributed by atoms with Gasteiger partial charge in [-0.2, -0.15) is 5.26 Å². The third kappa shape index (κ3) is 4.06. The molecular weight excluding hydrogens is 278 g/mol. The monoisotopic (exact) mass is 301 g/mol. The van der Waals surface area contributed by atoms with Crippen LogP contribution in [0.15, 0.2) is 24.3 Å². The number of rotatable bonds is 5. The van der Waals surface area contributed by atoms with Crippen LogP contribution in [0.2, 0.25) is 0 Å². The number of carbonyl (C=O) groups is 1. The minimum absolute atomic E-state index is 0.100. The summed E-state index contributed by atoms with van der Waals surface area (Å²) < 4.78 is 5.23. The van der Waals surface area contributed by atoms with Crippen molar-refractivity contribution >= 4 is 5.91 Å². The fourth-order valence-electron chi connectivity index (χ4n) is 2.71. The van der Waals surface area contributed by atoms with Crippen LogP contribution < -0.4 is 0 Å². The fourth-order valence-corrected chi connectivity index (χ4v) is 2.71. The van der Waals surface area contributed by atoms with Crippen molar-refractivity contribution in [3.63, 3.8) is 0 Å². The van der Waals surface area contributed by atoms with Gasteiger partial charge in [-0.25, -0.2) is 0 Å². The Bertz CT molecular complexity index is 524. The Morgan fingerprint density at radius 3 is 2.41 bits per heavy atom. The first kappa shape index (κ1) is 16.5. The lowest BCUT2D eigenvalue weighted by Crippen LogP contribution is -2.51. The summed E-state index contributed by atoms with van der Waals surface area (Å²) in [6.07, 6.45) is 0.394. The Labute approximate surface area is 132 Å². The van der Waals surface area contributed by atoms with Gasteiger partial charge in [-0.15, -0.1) is 0 Å². The van der Waals surface area contributed by atoms with Gasteiger partial charge in [-0.3, -0.25) is 9.69 Å². The second-order valence-corrected chi connectivity index (χ2v) is 5.54. The van der Waals surface area contributed by atoms with Crippen LogP contribution in [0.3, 0.4) is 0 Å². The van der Waals surface area contributed by atoms with E-state index in [0.717, 1.165) is 32.7 Å². The highest BCUT2D eigenvalue weighted by atomic mass is 16.5. The SMILES string of the molecule is CC[C@H](OC)C(=O)N1CCN(Cc2ccc(C#N)cc2)CC1. The molecule has 0 bridgehead atoms. The molecule has 0 aromatic heterocycles. The lowest BCUT2D eigenvalue weighted by molar-refractivity contribution is -0.144. The zero-order valence-corrected chi connectivity index (χ0v) is 13.3. The summed E-state index contributed by atoms with van der Waals surface area (Å²) in [4.78, 5) is 16.5. The van der Waals surface area contributed by atoms with Crippen LogP contribution in [-0.2, 0) is 16.1 Å². The van der Waals surface area contributed by atoms with Crippen LogP contribution >= 0.6 is 0 Å². The molecule has 1 aromatic rings. The van der Waals surface area contributed by atoms with Gasteiger partial charge < -0.3 is 9.64 Å². The number of carbonyl (C=O) groups excluding carboxylic acids is 1. The zero-order valence-electron chi connectivity index (χ0n) is 13.3. The molecule has 1 aromatic carbocycles. The largest absolute Gasteiger partial charge is 0.372 e. The third-order valence-corrected chi connectivity index (χ3v) is 4.10. The molecule has 1 aliphatic heterocycles. The van der Waals surface area contributed by atoms with Crippen molar-refractivity contribution < 1.29 is 9.53 Å². The summed E-state index contributed by atoms with van der Waals surface area (Å²) in [7, 11) is 1.59. The summed E-state index contributed by atoms with van der Waals surface area (Å²) >= 11 is 0. The molecule has 0 saturated carbocycles. The van der Waals surface area contributed by atoms with Gasteiger partial charge in [0.25, 0.3) is 5.91 Å². The first-order chi connectivity index (χ1) is 10.7. The first-order valence-corrected chi connectivity index (χ1v) is 7.71. The van der Waals surface area contributed by atoms with Crippen molar-refractivity contribution in [1.29, 1.82) is 5.26 Å². The van der Waals surface area contributed by atoms with E-state index in [4.69, 9.17) is 10.00 Å². The highest BCUT2D eigenvalue weighted by Gasteiger charge is 2.26. The first-order valence-electron chi connectivity index (χ1n) is 7.71. The smallest absolute Gasteiger partial charge is 0.251 e. The predicted octanol–water partition coefficient (Wildman–Crippen LogP) is 1.63. The van der Waals surface area contributed by atoms with Gasteiger partial charge in [0.05, 0.1) is 11.6 Å². The Kier molecular flexibility index (Phi) is 5.93. The minimum Gasteiger partial charge on any atom is -0.372 e. The molecule has 1 amide bonds.